The fourth-order valence-corrected chi connectivity index (χ4v) is 7.43. The minimum Gasteiger partial charge on any atom is -0.490 e. The molecular formula is C39H41N3O6S. The van der Waals surface area contributed by atoms with E-state index in [4.69, 9.17) is 20.6 Å². The molecule has 0 fully saturated rings. The molecule has 4 bridgehead atoms. The molecule has 1 amide bonds. The fourth-order valence-electron chi connectivity index (χ4n) is 5.70. The number of Topliss-reactive ketones (excluding diaryl/α,β-unsaturated/α-hetero) is 1. The van der Waals surface area contributed by atoms with Gasteiger partial charge in [-0.05, 0) is 71.5 Å². The molecule has 0 radical (unpaired) electrons. The van der Waals surface area contributed by atoms with Gasteiger partial charge < -0.3 is 20.5 Å². The standard InChI is InChI=1S/C39H41N3O6S/c40-38(41)32-14-8-30(9-15-32)25-42-39(44)33-22-28-10-16-35(17-11-28)47-20-4-5-21-48-36-18-12-29(13-19-36)23-34(37(43)24-33)27-49(45,46)26-31-6-2-1-3-7-31/h1-19,33-34H,20-27H2,(H3,40,41)(H,42,44)/b5-4-/t33-,34+/m1/s1. The van der Waals surface area contributed by atoms with Crippen molar-refractivity contribution in [2.45, 2.75) is 31.6 Å². The zero-order valence-electron chi connectivity index (χ0n) is 27.2. The van der Waals surface area contributed by atoms with Crippen LogP contribution in [0, 0.1) is 17.2 Å². The Kier molecular flexibility index (Phi) is 12.0. The fraction of sp³-hybridized carbons (Fsp3) is 0.256. The Morgan fingerprint density at radius 1 is 0.755 bits per heavy atom. The van der Waals surface area contributed by atoms with Crippen LogP contribution in [0.2, 0.25) is 0 Å². The molecule has 0 aliphatic carbocycles. The lowest BCUT2D eigenvalue weighted by Gasteiger charge is -2.21. The van der Waals surface area contributed by atoms with Gasteiger partial charge in [-0.3, -0.25) is 15.0 Å². The van der Waals surface area contributed by atoms with Gasteiger partial charge in [0.05, 0.1) is 11.5 Å². The lowest BCUT2D eigenvalue weighted by atomic mass is 9.87. The van der Waals surface area contributed by atoms with Crippen molar-refractivity contribution in [3.8, 4) is 11.5 Å². The van der Waals surface area contributed by atoms with E-state index >= 15 is 0 Å². The topological polar surface area (TPSA) is 149 Å². The van der Waals surface area contributed by atoms with Crippen molar-refractivity contribution in [2.75, 3.05) is 19.0 Å². The van der Waals surface area contributed by atoms with Gasteiger partial charge in [0.15, 0.2) is 9.84 Å². The van der Waals surface area contributed by atoms with Crippen LogP contribution in [0.25, 0.3) is 0 Å². The maximum Gasteiger partial charge on any atom is 0.224 e. The number of amidine groups is 1. The predicted molar refractivity (Wildman–Crippen MR) is 190 cm³/mol. The highest BCUT2D eigenvalue weighted by Gasteiger charge is 2.30. The van der Waals surface area contributed by atoms with Crippen molar-refractivity contribution in [3.63, 3.8) is 0 Å². The number of hydrogen-bond acceptors (Lipinski definition) is 7. The van der Waals surface area contributed by atoms with Gasteiger partial charge in [0.25, 0.3) is 0 Å². The third-order valence-corrected chi connectivity index (χ3v) is 10.0. The number of nitrogen functional groups attached to an aromatic ring is 1. The number of carbonyl (C=O) groups is 2. The lowest BCUT2D eigenvalue weighted by Crippen LogP contribution is -2.35. The van der Waals surface area contributed by atoms with Gasteiger partial charge in [0, 0.05) is 30.4 Å². The minimum atomic E-state index is -3.68. The highest BCUT2D eigenvalue weighted by Crippen LogP contribution is 2.24. The zero-order chi connectivity index (χ0) is 34.6. The van der Waals surface area contributed by atoms with Crippen molar-refractivity contribution < 1.29 is 27.5 Å². The molecule has 0 aromatic heterocycles. The van der Waals surface area contributed by atoms with Crippen LogP contribution in [0.3, 0.4) is 0 Å². The lowest BCUT2D eigenvalue weighted by molar-refractivity contribution is -0.130. The molecule has 0 saturated heterocycles. The Morgan fingerprint density at radius 3 is 1.90 bits per heavy atom. The Hall–Kier alpha value is -5.22. The number of hydrogen-bond donors (Lipinski definition) is 3. The minimum absolute atomic E-state index is 0.0464. The average molecular weight is 680 g/mol. The third-order valence-electron chi connectivity index (χ3n) is 8.36. The zero-order valence-corrected chi connectivity index (χ0v) is 28.0. The smallest absolute Gasteiger partial charge is 0.224 e. The number of benzene rings is 4. The number of sulfone groups is 1. The van der Waals surface area contributed by atoms with Crippen molar-refractivity contribution in [1.82, 2.24) is 5.32 Å². The molecule has 0 unspecified atom stereocenters. The molecule has 9 nitrogen and oxygen atoms in total. The summed E-state index contributed by atoms with van der Waals surface area (Å²) in [6.07, 6.45) is 4.09. The monoisotopic (exact) mass is 679 g/mol. The number of ketones is 1. The molecule has 4 aromatic carbocycles. The SMILES string of the molecule is N=C(N)c1ccc(CNC(=O)[C@H]2CC(=O)[C@H](CS(=O)(=O)Cc3ccccc3)Cc3ccc(cc3)OC/C=C\COc3ccc(cc3)C2)cc1. The maximum absolute atomic E-state index is 14.1. The van der Waals surface area contributed by atoms with E-state index in [-0.39, 0.29) is 54.8 Å². The highest BCUT2D eigenvalue weighted by molar-refractivity contribution is 7.90. The molecule has 10 heteroatoms. The van der Waals surface area contributed by atoms with Crippen LogP contribution in [0.1, 0.15) is 34.2 Å². The highest BCUT2D eigenvalue weighted by atomic mass is 32.2. The van der Waals surface area contributed by atoms with Crippen molar-refractivity contribution in [3.05, 3.63) is 143 Å². The van der Waals surface area contributed by atoms with Crippen LogP contribution in [0.4, 0.5) is 0 Å². The second-order valence-electron chi connectivity index (χ2n) is 12.2. The molecule has 0 saturated carbocycles. The first-order chi connectivity index (χ1) is 23.6. The van der Waals surface area contributed by atoms with Crippen LogP contribution >= 0.6 is 0 Å². The Labute approximate surface area is 287 Å². The van der Waals surface area contributed by atoms with Crippen LogP contribution < -0.4 is 20.5 Å². The Bertz CT molecular complexity index is 1860. The van der Waals surface area contributed by atoms with E-state index in [2.05, 4.69) is 5.32 Å². The van der Waals surface area contributed by atoms with Gasteiger partial charge in [0.1, 0.15) is 36.3 Å². The molecule has 49 heavy (non-hydrogen) atoms. The number of amides is 1. The van der Waals surface area contributed by atoms with E-state index in [0.29, 0.717) is 35.8 Å². The summed E-state index contributed by atoms with van der Waals surface area (Å²) < 4.78 is 38.6. The van der Waals surface area contributed by atoms with Crippen molar-refractivity contribution in [1.29, 1.82) is 5.41 Å². The first-order valence-corrected chi connectivity index (χ1v) is 18.0. The average Bonchev–Trinajstić information content (AvgIpc) is 3.09. The molecular weight excluding hydrogens is 639 g/mol. The van der Waals surface area contributed by atoms with E-state index in [9.17, 15) is 18.0 Å². The van der Waals surface area contributed by atoms with Gasteiger partial charge in [-0.15, -0.1) is 0 Å². The molecule has 254 valence electrons. The molecule has 4 aromatic rings. The molecule has 4 N–H and O–H groups in total. The summed E-state index contributed by atoms with van der Waals surface area (Å²) in [5, 5.41) is 10.6. The van der Waals surface area contributed by atoms with E-state index in [1.807, 2.05) is 54.6 Å². The van der Waals surface area contributed by atoms with E-state index in [1.165, 1.54) is 0 Å². The van der Waals surface area contributed by atoms with Crippen LogP contribution in [0.15, 0.2) is 115 Å². The van der Waals surface area contributed by atoms with Crippen molar-refractivity contribution >= 4 is 27.4 Å². The number of nitrogens with two attached hydrogens (primary N) is 1. The largest absolute Gasteiger partial charge is 0.490 e. The Balaban J connectivity index is 1.41. The van der Waals surface area contributed by atoms with Crippen LogP contribution in [-0.4, -0.2) is 44.9 Å². The van der Waals surface area contributed by atoms with E-state index < -0.39 is 21.7 Å². The van der Waals surface area contributed by atoms with E-state index in [1.54, 1.807) is 60.7 Å². The summed E-state index contributed by atoms with van der Waals surface area (Å²) in [5.41, 5.74) is 9.25. The number of nitrogens with one attached hydrogen (secondary N) is 2. The summed E-state index contributed by atoms with van der Waals surface area (Å²) in [6, 6.07) is 30.6. The number of carbonyl (C=O) groups excluding carboxylic acids is 2. The second kappa shape index (κ2) is 16.7. The van der Waals surface area contributed by atoms with Gasteiger partial charge in [-0.2, -0.15) is 0 Å². The van der Waals surface area contributed by atoms with Gasteiger partial charge in [-0.25, -0.2) is 8.42 Å². The first-order valence-electron chi connectivity index (χ1n) is 16.2. The van der Waals surface area contributed by atoms with Crippen molar-refractivity contribution in [2.24, 2.45) is 17.6 Å². The summed E-state index contributed by atoms with van der Waals surface area (Å²) in [7, 11) is -3.68. The summed E-state index contributed by atoms with van der Waals surface area (Å²) in [4.78, 5) is 27.9. The molecule has 0 spiro atoms. The van der Waals surface area contributed by atoms with E-state index in [0.717, 1.165) is 16.7 Å². The molecule has 8 rings (SSSR count). The second-order valence-corrected chi connectivity index (χ2v) is 14.3. The third kappa shape index (κ3) is 10.9. The quantitative estimate of drug-likeness (QED) is 0.132. The molecule has 4 aliphatic rings. The molecule has 4 aliphatic heterocycles. The van der Waals surface area contributed by atoms with Gasteiger partial charge >= 0.3 is 0 Å². The first kappa shape index (κ1) is 35.1. The number of rotatable bonds is 8. The summed E-state index contributed by atoms with van der Waals surface area (Å²) in [6.45, 7) is 0.933. The van der Waals surface area contributed by atoms with Crippen LogP contribution in [0.5, 0.6) is 11.5 Å². The molecule has 2 atom stereocenters. The molecule has 4 heterocycles. The van der Waals surface area contributed by atoms with Gasteiger partial charge in [-0.1, -0.05) is 78.9 Å². The van der Waals surface area contributed by atoms with Crippen LogP contribution in [-0.2, 0) is 44.6 Å². The predicted octanol–water partition coefficient (Wildman–Crippen LogP) is 5.21. The Morgan fingerprint density at radius 2 is 1.33 bits per heavy atom. The number of ether oxygens (including phenoxy) is 2. The van der Waals surface area contributed by atoms with Gasteiger partial charge in [0.2, 0.25) is 5.91 Å². The summed E-state index contributed by atoms with van der Waals surface area (Å²) >= 11 is 0. The normalized spacial score (nSPS) is 17.8. The summed E-state index contributed by atoms with van der Waals surface area (Å²) in [5.74, 6) is -1.48. The maximum atomic E-state index is 14.1.